The first-order valence-corrected chi connectivity index (χ1v) is 7.25. The molecule has 108 valence electrons. The third-order valence-electron chi connectivity index (χ3n) is 4.36. The zero-order valence-electron chi connectivity index (χ0n) is 11.5. The summed E-state index contributed by atoms with van der Waals surface area (Å²) in [6, 6.07) is -0.00784. The average molecular weight is 269 g/mol. The van der Waals surface area contributed by atoms with Crippen molar-refractivity contribution >= 4 is 11.9 Å². The second kappa shape index (κ2) is 5.90. The van der Waals surface area contributed by atoms with E-state index in [1.807, 2.05) is 6.92 Å². The van der Waals surface area contributed by atoms with Crippen molar-refractivity contribution in [2.75, 3.05) is 6.61 Å². The Morgan fingerprint density at radius 2 is 2.00 bits per heavy atom. The Morgan fingerprint density at radius 1 is 1.32 bits per heavy atom. The van der Waals surface area contributed by atoms with Crippen molar-refractivity contribution in [2.24, 2.45) is 5.92 Å². The molecule has 5 nitrogen and oxygen atoms in total. The van der Waals surface area contributed by atoms with Crippen molar-refractivity contribution in [1.29, 1.82) is 0 Å². The molecule has 2 aliphatic rings. The lowest BCUT2D eigenvalue weighted by molar-refractivity contribution is -0.147. The lowest BCUT2D eigenvalue weighted by atomic mass is 10.00. The van der Waals surface area contributed by atoms with Crippen LogP contribution in [0.4, 0.5) is 0 Å². The van der Waals surface area contributed by atoms with E-state index < -0.39 is 11.6 Å². The maximum atomic E-state index is 12.4. The van der Waals surface area contributed by atoms with E-state index in [0.717, 1.165) is 32.1 Å². The summed E-state index contributed by atoms with van der Waals surface area (Å²) in [4.78, 5) is 23.3. The van der Waals surface area contributed by atoms with Crippen molar-refractivity contribution in [3.8, 4) is 0 Å². The number of carbonyl (C=O) groups is 2. The van der Waals surface area contributed by atoms with Crippen LogP contribution >= 0.6 is 0 Å². The van der Waals surface area contributed by atoms with Gasteiger partial charge < -0.3 is 15.2 Å². The van der Waals surface area contributed by atoms with Gasteiger partial charge in [0.1, 0.15) is 5.60 Å². The molecule has 2 saturated carbocycles. The van der Waals surface area contributed by atoms with Crippen molar-refractivity contribution < 1.29 is 19.4 Å². The van der Waals surface area contributed by atoms with Gasteiger partial charge in [0.15, 0.2) is 0 Å². The molecule has 0 aliphatic heterocycles. The molecule has 0 aromatic heterocycles. The van der Waals surface area contributed by atoms with E-state index in [-0.39, 0.29) is 17.9 Å². The molecule has 1 amide bonds. The van der Waals surface area contributed by atoms with Crippen LogP contribution in [-0.2, 0) is 14.3 Å². The predicted molar refractivity (Wildman–Crippen MR) is 69.7 cm³/mol. The summed E-state index contributed by atoms with van der Waals surface area (Å²) in [6.07, 6.45) is 5.56. The average Bonchev–Trinajstić information content (AvgIpc) is 2.99. The van der Waals surface area contributed by atoms with Crippen LogP contribution in [0.3, 0.4) is 0 Å². The van der Waals surface area contributed by atoms with E-state index in [2.05, 4.69) is 5.32 Å². The topological polar surface area (TPSA) is 75.6 Å². The summed E-state index contributed by atoms with van der Waals surface area (Å²) < 4.78 is 5.71. The minimum absolute atomic E-state index is 0.00784. The number of ether oxygens (including phenoxy) is 1. The molecule has 19 heavy (non-hydrogen) atoms. The van der Waals surface area contributed by atoms with Crippen LogP contribution in [0.25, 0.3) is 0 Å². The zero-order chi connectivity index (χ0) is 13.9. The van der Waals surface area contributed by atoms with Gasteiger partial charge in [-0.2, -0.15) is 0 Å². The molecule has 2 fully saturated rings. The Balaban J connectivity index is 1.91. The first-order valence-electron chi connectivity index (χ1n) is 7.25. The maximum absolute atomic E-state index is 12.4. The molecular formula is C14H23NO4. The Bertz CT molecular complexity index is 349. The van der Waals surface area contributed by atoms with Crippen molar-refractivity contribution in [2.45, 2.75) is 63.5 Å². The van der Waals surface area contributed by atoms with Gasteiger partial charge in [0.05, 0.1) is 5.92 Å². The molecule has 5 heteroatoms. The van der Waals surface area contributed by atoms with E-state index in [4.69, 9.17) is 9.84 Å². The highest BCUT2D eigenvalue weighted by Crippen LogP contribution is 2.34. The lowest BCUT2D eigenvalue weighted by Crippen LogP contribution is -2.50. The van der Waals surface area contributed by atoms with Gasteiger partial charge in [-0.3, -0.25) is 9.59 Å². The van der Waals surface area contributed by atoms with Gasteiger partial charge in [-0.1, -0.05) is 0 Å². The van der Waals surface area contributed by atoms with Crippen LogP contribution in [0.2, 0.25) is 0 Å². The number of nitrogens with one attached hydrogen (secondary N) is 1. The Hall–Kier alpha value is -1.10. The van der Waals surface area contributed by atoms with Crippen molar-refractivity contribution in [3.05, 3.63) is 0 Å². The van der Waals surface area contributed by atoms with Gasteiger partial charge in [0.2, 0.25) is 0 Å². The third kappa shape index (κ3) is 3.08. The third-order valence-corrected chi connectivity index (χ3v) is 4.36. The molecule has 0 aromatic carbocycles. The molecule has 0 unspecified atom stereocenters. The lowest BCUT2D eigenvalue weighted by Gasteiger charge is -2.29. The minimum atomic E-state index is -0.753. The molecule has 2 aliphatic carbocycles. The fourth-order valence-electron chi connectivity index (χ4n) is 3.31. The summed E-state index contributed by atoms with van der Waals surface area (Å²) in [6.45, 7) is 2.44. The molecule has 0 saturated heterocycles. The van der Waals surface area contributed by atoms with Crippen LogP contribution in [0.1, 0.15) is 51.9 Å². The van der Waals surface area contributed by atoms with Crippen LogP contribution in [0, 0.1) is 5.92 Å². The molecule has 0 radical (unpaired) electrons. The maximum Gasteiger partial charge on any atom is 0.306 e. The van der Waals surface area contributed by atoms with E-state index in [1.54, 1.807) is 0 Å². The predicted octanol–water partition coefficient (Wildman–Crippen LogP) is 1.71. The highest BCUT2D eigenvalue weighted by Gasteiger charge is 2.43. The molecule has 2 atom stereocenters. The SMILES string of the molecule is CCOC1(C(=O)N[C@H]2CC[C@@H](C(=O)O)C2)CCCC1. The Labute approximate surface area is 113 Å². The quantitative estimate of drug-likeness (QED) is 0.796. The van der Waals surface area contributed by atoms with Crippen molar-refractivity contribution in [1.82, 2.24) is 5.32 Å². The molecule has 2 N–H and O–H groups in total. The molecular weight excluding hydrogens is 246 g/mol. The Morgan fingerprint density at radius 3 is 2.53 bits per heavy atom. The zero-order valence-corrected chi connectivity index (χ0v) is 11.5. The first kappa shape index (κ1) is 14.3. The van der Waals surface area contributed by atoms with E-state index in [9.17, 15) is 9.59 Å². The van der Waals surface area contributed by atoms with Crippen LogP contribution in [0.5, 0.6) is 0 Å². The van der Waals surface area contributed by atoms with E-state index >= 15 is 0 Å². The van der Waals surface area contributed by atoms with Gasteiger partial charge in [-0.05, 0) is 51.9 Å². The van der Waals surface area contributed by atoms with Crippen LogP contribution in [0.15, 0.2) is 0 Å². The Kier molecular flexibility index (Phi) is 4.45. The van der Waals surface area contributed by atoms with E-state index in [1.165, 1.54) is 0 Å². The number of carboxylic acids is 1. The molecule has 0 bridgehead atoms. The van der Waals surface area contributed by atoms with Gasteiger partial charge in [-0.15, -0.1) is 0 Å². The number of rotatable bonds is 5. The molecule has 0 heterocycles. The van der Waals surface area contributed by atoms with Crippen LogP contribution < -0.4 is 5.32 Å². The molecule has 0 spiro atoms. The van der Waals surface area contributed by atoms with Crippen LogP contribution in [-0.4, -0.2) is 35.2 Å². The standard InChI is InChI=1S/C14H23NO4/c1-2-19-14(7-3-4-8-14)13(18)15-11-6-5-10(9-11)12(16)17/h10-11H,2-9H2,1H3,(H,15,18)(H,16,17)/t10-,11+/m1/s1. The van der Waals surface area contributed by atoms with Gasteiger partial charge in [-0.25, -0.2) is 0 Å². The van der Waals surface area contributed by atoms with Gasteiger partial charge in [0.25, 0.3) is 5.91 Å². The molecule has 0 aromatic rings. The largest absolute Gasteiger partial charge is 0.481 e. The normalized spacial score (nSPS) is 29.3. The summed E-state index contributed by atoms with van der Waals surface area (Å²) >= 11 is 0. The smallest absolute Gasteiger partial charge is 0.306 e. The number of hydrogen-bond acceptors (Lipinski definition) is 3. The fourth-order valence-corrected chi connectivity index (χ4v) is 3.31. The number of carbonyl (C=O) groups excluding carboxylic acids is 1. The second-order valence-corrected chi connectivity index (χ2v) is 5.65. The summed E-state index contributed by atoms with van der Waals surface area (Å²) in [5.74, 6) is -1.10. The first-order chi connectivity index (χ1) is 9.07. The second-order valence-electron chi connectivity index (χ2n) is 5.65. The minimum Gasteiger partial charge on any atom is -0.481 e. The highest BCUT2D eigenvalue weighted by molar-refractivity contribution is 5.86. The molecule has 2 rings (SSSR count). The number of amides is 1. The summed E-state index contributed by atoms with van der Waals surface area (Å²) in [7, 11) is 0. The highest BCUT2D eigenvalue weighted by atomic mass is 16.5. The van der Waals surface area contributed by atoms with Crippen molar-refractivity contribution in [3.63, 3.8) is 0 Å². The fraction of sp³-hybridized carbons (Fsp3) is 0.857. The van der Waals surface area contributed by atoms with Gasteiger partial charge >= 0.3 is 5.97 Å². The van der Waals surface area contributed by atoms with E-state index in [0.29, 0.717) is 19.4 Å². The number of hydrogen-bond donors (Lipinski definition) is 2. The summed E-state index contributed by atoms with van der Waals surface area (Å²) in [5.41, 5.74) is -0.657. The summed E-state index contributed by atoms with van der Waals surface area (Å²) in [5, 5.41) is 12.0. The monoisotopic (exact) mass is 269 g/mol. The van der Waals surface area contributed by atoms with Gasteiger partial charge in [0, 0.05) is 12.6 Å². The number of aliphatic carboxylic acids is 1. The number of carboxylic acid groups (broad SMARTS) is 1.